The van der Waals surface area contributed by atoms with E-state index >= 15 is 0 Å². The molecule has 0 saturated heterocycles. The van der Waals surface area contributed by atoms with Crippen molar-refractivity contribution in [1.29, 1.82) is 0 Å². The van der Waals surface area contributed by atoms with Crippen LogP contribution in [0.25, 0.3) is 16.6 Å². The van der Waals surface area contributed by atoms with Gasteiger partial charge < -0.3 is 5.32 Å². The van der Waals surface area contributed by atoms with E-state index in [0.717, 1.165) is 12.1 Å². The van der Waals surface area contributed by atoms with Gasteiger partial charge in [-0.25, -0.2) is 13.5 Å². The van der Waals surface area contributed by atoms with Crippen molar-refractivity contribution in [2.24, 2.45) is 5.92 Å². The van der Waals surface area contributed by atoms with Crippen LogP contribution in [0, 0.1) is 5.92 Å². The molecule has 11 heteroatoms. The minimum atomic E-state index is -4.45. The lowest BCUT2D eigenvalue weighted by Gasteiger charge is -2.12. The Balaban J connectivity index is 1.55. The number of nitrogens with one attached hydrogen (secondary N) is 1. The minimum absolute atomic E-state index is 0.0445. The molecule has 0 fully saturated rings. The molecule has 2 aromatic heterocycles. The first-order valence-corrected chi connectivity index (χ1v) is 11.7. The van der Waals surface area contributed by atoms with E-state index < -0.39 is 29.6 Å². The fraction of sp³-hybridized carbons (Fsp3) is 0.259. The van der Waals surface area contributed by atoms with Crippen LogP contribution in [0.4, 0.5) is 22.0 Å². The largest absolute Gasteiger partial charge is 0.416 e. The van der Waals surface area contributed by atoms with Crippen molar-refractivity contribution >= 4 is 22.6 Å². The Labute approximate surface area is 214 Å². The topological polar surface area (TPSA) is 76.9 Å². The normalized spacial score (nSPS) is 11.9. The predicted octanol–water partition coefficient (Wildman–Crippen LogP) is 6.07. The highest BCUT2D eigenvalue weighted by Crippen LogP contribution is 2.30. The lowest BCUT2D eigenvalue weighted by atomic mass is 9.99. The van der Waals surface area contributed by atoms with Gasteiger partial charge in [0.05, 0.1) is 16.8 Å². The van der Waals surface area contributed by atoms with Gasteiger partial charge in [0.15, 0.2) is 5.78 Å². The van der Waals surface area contributed by atoms with E-state index in [2.05, 4.69) is 15.4 Å². The summed E-state index contributed by atoms with van der Waals surface area (Å²) in [7, 11) is 0. The third-order valence-electron chi connectivity index (χ3n) is 5.87. The molecule has 0 spiro atoms. The zero-order valence-corrected chi connectivity index (χ0v) is 20.4. The molecule has 0 unspecified atom stereocenters. The number of fused-ring (bicyclic) bond motifs is 1. The second-order valence-electron chi connectivity index (χ2n) is 9.06. The molecule has 0 aliphatic rings. The number of ketones is 1. The van der Waals surface area contributed by atoms with Crippen LogP contribution in [-0.4, -0.2) is 26.5 Å². The van der Waals surface area contributed by atoms with Crippen LogP contribution in [0.2, 0.25) is 0 Å². The first-order chi connectivity index (χ1) is 17.9. The monoisotopic (exact) mass is 530 g/mol. The number of pyridine rings is 1. The van der Waals surface area contributed by atoms with E-state index in [1.807, 2.05) is 0 Å². The summed E-state index contributed by atoms with van der Waals surface area (Å²) >= 11 is 0. The van der Waals surface area contributed by atoms with Crippen molar-refractivity contribution in [3.63, 3.8) is 0 Å². The van der Waals surface area contributed by atoms with Gasteiger partial charge in [-0.05, 0) is 53.6 Å². The number of halogens is 5. The van der Waals surface area contributed by atoms with Gasteiger partial charge in [-0.1, -0.05) is 19.9 Å². The molecule has 1 N–H and O–H groups in total. The summed E-state index contributed by atoms with van der Waals surface area (Å²) in [6, 6.07) is 10.8. The lowest BCUT2D eigenvalue weighted by Crippen LogP contribution is -2.27. The molecular formula is C27H23F5N4O2. The maximum atomic E-state index is 13.6. The number of benzene rings is 2. The SMILES string of the molecule is CC(C)C(=O)NCc1cnc(C(F)F)c(C(=O)Cc2ccc3nn(-c4ccc(C(F)(F)F)cc4)cc3c2)c1. The van der Waals surface area contributed by atoms with Crippen molar-refractivity contribution in [3.05, 3.63) is 88.9 Å². The summed E-state index contributed by atoms with van der Waals surface area (Å²) < 4.78 is 67.1. The number of aromatic nitrogens is 3. The van der Waals surface area contributed by atoms with E-state index in [9.17, 15) is 31.5 Å². The fourth-order valence-corrected chi connectivity index (χ4v) is 3.81. The van der Waals surface area contributed by atoms with Gasteiger partial charge in [-0.3, -0.25) is 14.6 Å². The molecule has 0 aliphatic carbocycles. The molecule has 4 aromatic rings. The Kier molecular flexibility index (Phi) is 7.56. The summed E-state index contributed by atoms with van der Waals surface area (Å²) in [5, 5.41) is 7.64. The number of nitrogens with zero attached hydrogens (tertiary/aromatic N) is 3. The second kappa shape index (κ2) is 10.7. The van der Waals surface area contributed by atoms with Gasteiger partial charge >= 0.3 is 6.18 Å². The molecule has 0 aliphatic heterocycles. The summed E-state index contributed by atoms with van der Waals surface area (Å²) in [6.45, 7) is 3.47. The number of alkyl halides is 5. The van der Waals surface area contributed by atoms with Gasteiger partial charge in [-0.2, -0.15) is 18.3 Å². The zero-order chi connectivity index (χ0) is 27.6. The molecule has 0 atom stereocenters. The second-order valence-corrected chi connectivity index (χ2v) is 9.06. The highest BCUT2D eigenvalue weighted by molar-refractivity contribution is 5.99. The van der Waals surface area contributed by atoms with Gasteiger partial charge in [0.2, 0.25) is 5.91 Å². The molecule has 6 nitrogen and oxygen atoms in total. The van der Waals surface area contributed by atoms with E-state index in [1.165, 1.54) is 29.1 Å². The highest BCUT2D eigenvalue weighted by Gasteiger charge is 2.30. The number of hydrogen-bond acceptors (Lipinski definition) is 4. The predicted molar refractivity (Wildman–Crippen MR) is 130 cm³/mol. The number of Topliss-reactive ketones (excluding diaryl/α,β-unsaturated/α-hetero) is 1. The van der Waals surface area contributed by atoms with Gasteiger partial charge in [-0.15, -0.1) is 0 Å². The van der Waals surface area contributed by atoms with Crippen LogP contribution < -0.4 is 5.32 Å². The van der Waals surface area contributed by atoms with E-state index in [-0.39, 0.29) is 30.4 Å². The zero-order valence-electron chi connectivity index (χ0n) is 20.4. The number of amides is 1. The third kappa shape index (κ3) is 6.04. The van der Waals surface area contributed by atoms with Crippen molar-refractivity contribution in [2.75, 3.05) is 0 Å². The van der Waals surface area contributed by atoms with Crippen LogP contribution in [0.15, 0.2) is 60.9 Å². The molecule has 0 radical (unpaired) electrons. The summed E-state index contributed by atoms with van der Waals surface area (Å²) in [4.78, 5) is 28.6. The van der Waals surface area contributed by atoms with Crippen LogP contribution in [0.1, 0.15) is 53.0 Å². The van der Waals surface area contributed by atoms with Crippen LogP contribution in [0.3, 0.4) is 0 Å². The Morgan fingerprint density at radius 3 is 2.34 bits per heavy atom. The Morgan fingerprint density at radius 2 is 1.71 bits per heavy atom. The van der Waals surface area contributed by atoms with Crippen LogP contribution >= 0.6 is 0 Å². The molecule has 2 aromatic carbocycles. The van der Waals surface area contributed by atoms with Crippen molar-refractivity contribution < 1.29 is 31.5 Å². The number of carbonyl (C=O) groups is 2. The molecule has 0 bridgehead atoms. The standard InChI is InChI=1S/C27H23F5N4O2/c1-15(2)26(38)34-13-17-10-21(24(25(28)29)33-12-17)23(37)11-16-3-8-22-18(9-16)14-36(35-22)20-6-4-19(5-7-20)27(30,31)32/h3-10,12,14-15,25H,11,13H2,1-2H3,(H,34,38). The number of rotatable bonds is 8. The first-order valence-electron chi connectivity index (χ1n) is 11.7. The Bertz CT molecular complexity index is 1480. The van der Waals surface area contributed by atoms with E-state index in [4.69, 9.17) is 0 Å². The number of carbonyl (C=O) groups excluding carboxylic acids is 2. The summed E-state index contributed by atoms with van der Waals surface area (Å²) in [5.41, 5.74) is 0.276. The van der Waals surface area contributed by atoms with Crippen molar-refractivity contribution in [1.82, 2.24) is 20.1 Å². The minimum Gasteiger partial charge on any atom is -0.352 e. The van der Waals surface area contributed by atoms with Gasteiger partial charge in [0.1, 0.15) is 5.69 Å². The van der Waals surface area contributed by atoms with E-state index in [0.29, 0.717) is 27.7 Å². The van der Waals surface area contributed by atoms with Gasteiger partial charge in [0, 0.05) is 42.2 Å². The molecule has 0 saturated carbocycles. The molecule has 2 heterocycles. The molecule has 4 rings (SSSR count). The molecule has 198 valence electrons. The first kappa shape index (κ1) is 26.9. The molecule has 38 heavy (non-hydrogen) atoms. The third-order valence-corrected chi connectivity index (χ3v) is 5.87. The van der Waals surface area contributed by atoms with Crippen molar-refractivity contribution in [2.45, 2.75) is 39.4 Å². The van der Waals surface area contributed by atoms with Crippen LogP contribution in [-0.2, 0) is 23.9 Å². The smallest absolute Gasteiger partial charge is 0.352 e. The average Bonchev–Trinajstić information content (AvgIpc) is 3.30. The molecular weight excluding hydrogens is 507 g/mol. The quantitative estimate of drug-likeness (QED) is 0.222. The number of hydrogen-bond donors (Lipinski definition) is 1. The average molecular weight is 530 g/mol. The summed E-state index contributed by atoms with van der Waals surface area (Å²) in [5.74, 6) is -1.05. The Morgan fingerprint density at radius 1 is 1.00 bits per heavy atom. The highest BCUT2D eigenvalue weighted by atomic mass is 19.4. The van der Waals surface area contributed by atoms with Gasteiger partial charge in [0.25, 0.3) is 6.43 Å². The lowest BCUT2D eigenvalue weighted by molar-refractivity contribution is -0.137. The maximum absolute atomic E-state index is 13.6. The van der Waals surface area contributed by atoms with Crippen molar-refractivity contribution in [3.8, 4) is 5.69 Å². The molecule has 1 amide bonds. The fourth-order valence-electron chi connectivity index (χ4n) is 3.81. The maximum Gasteiger partial charge on any atom is 0.416 e. The van der Waals surface area contributed by atoms with Crippen LogP contribution in [0.5, 0.6) is 0 Å². The van der Waals surface area contributed by atoms with E-state index in [1.54, 1.807) is 38.2 Å². The Hall–Kier alpha value is -4.15. The summed E-state index contributed by atoms with van der Waals surface area (Å²) in [6.07, 6.45) is -4.78.